The van der Waals surface area contributed by atoms with Gasteiger partial charge in [0.25, 0.3) is 0 Å². The molecule has 8 nitrogen and oxygen atoms in total. The zero-order valence-corrected chi connectivity index (χ0v) is 22.2. The molecule has 0 radical (unpaired) electrons. The second kappa shape index (κ2) is 10.6. The number of rotatable bonds is 8. The van der Waals surface area contributed by atoms with E-state index in [4.69, 9.17) is 9.72 Å². The minimum atomic E-state index is -0.555. The first kappa shape index (κ1) is 25.3. The fourth-order valence-corrected chi connectivity index (χ4v) is 4.52. The van der Waals surface area contributed by atoms with Crippen LogP contribution in [-0.2, 0) is 17.7 Å². The van der Waals surface area contributed by atoms with Crippen LogP contribution in [0.1, 0.15) is 62.3 Å². The van der Waals surface area contributed by atoms with Crippen molar-refractivity contribution >= 4 is 17.0 Å². The first-order chi connectivity index (χ1) is 18.3. The van der Waals surface area contributed by atoms with Gasteiger partial charge in [-0.1, -0.05) is 55.8 Å². The Kier molecular flexibility index (Phi) is 7.05. The van der Waals surface area contributed by atoms with E-state index in [0.717, 1.165) is 58.4 Å². The number of carbonyl (C=O) groups is 1. The maximum Gasteiger partial charge on any atom is 0.339 e. The van der Waals surface area contributed by atoms with Gasteiger partial charge in [-0.15, -0.1) is 5.10 Å². The minimum absolute atomic E-state index is 0.319. The lowest BCUT2D eigenvalue weighted by Gasteiger charge is -2.20. The van der Waals surface area contributed by atoms with E-state index in [1.807, 2.05) is 57.2 Å². The average molecular weight is 509 g/mol. The summed E-state index contributed by atoms with van der Waals surface area (Å²) in [6.07, 6.45) is 3.08. The third-order valence-corrected chi connectivity index (χ3v) is 6.35. The summed E-state index contributed by atoms with van der Waals surface area (Å²) in [6, 6.07) is 22.0. The minimum Gasteiger partial charge on any atom is -0.456 e. The van der Waals surface area contributed by atoms with Gasteiger partial charge in [-0.25, -0.2) is 14.9 Å². The molecule has 194 valence electrons. The predicted octanol–water partition coefficient (Wildman–Crippen LogP) is 6.23. The average Bonchev–Trinajstić information content (AvgIpc) is 3.55. The summed E-state index contributed by atoms with van der Waals surface area (Å²) in [5.41, 5.74) is 5.90. The molecule has 5 rings (SSSR count). The Morgan fingerprint density at radius 2 is 1.76 bits per heavy atom. The van der Waals surface area contributed by atoms with Gasteiger partial charge in [-0.3, -0.25) is 0 Å². The Balaban J connectivity index is 1.47. The number of unbranched alkanes of at least 4 members (excludes halogenated alkanes) is 1. The predicted molar refractivity (Wildman–Crippen MR) is 148 cm³/mol. The number of aromatic amines is 1. The quantitative estimate of drug-likeness (QED) is 0.250. The van der Waals surface area contributed by atoms with Gasteiger partial charge in [-0.2, -0.15) is 0 Å². The van der Waals surface area contributed by atoms with E-state index >= 15 is 0 Å². The monoisotopic (exact) mass is 508 g/mol. The van der Waals surface area contributed by atoms with Crippen LogP contribution in [0.5, 0.6) is 0 Å². The number of imidazole rings is 1. The van der Waals surface area contributed by atoms with Crippen molar-refractivity contribution in [2.75, 3.05) is 0 Å². The molecule has 0 aliphatic carbocycles. The van der Waals surface area contributed by atoms with E-state index < -0.39 is 5.60 Å². The van der Waals surface area contributed by atoms with Gasteiger partial charge in [0.15, 0.2) is 5.82 Å². The molecule has 2 aromatic heterocycles. The Hall–Kier alpha value is -4.33. The molecular weight excluding hydrogens is 476 g/mol. The van der Waals surface area contributed by atoms with Gasteiger partial charge >= 0.3 is 5.97 Å². The summed E-state index contributed by atoms with van der Waals surface area (Å²) < 4.78 is 7.92. The van der Waals surface area contributed by atoms with Crippen molar-refractivity contribution in [3.8, 4) is 22.5 Å². The molecule has 0 saturated carbocycles. The largest absolute Gasteiger partial charge is 0.456 e. The van der Waals surface area contributed by atoms with Crippen LogP contribution in [0.2, 0.25) is 0 Å². The van der Waals surface area contributed by atoms with Crippen LogP contribution in [0.3, 0.4) is 0 Å². The van der Waals surface area contributed by atoms with E-state index in [-0.39, 0.29) is 5.97 Å². The van der Waals surface area contributed by atoms with Gasteiger partial charge < -0.3 is 9.30 Å². The first-order valence-electron chi connectivity index (χ1n) is 13.0. The van der Waals surface area contributed by atoms with Gasteiger partial charge in [0.1, 0.15) is 11.4 Å². The second-order valence-corrected chi connectivity index (χ2v) is 10.4. The molecule has 5 aromatic rings. The molecule has 0 aliphatic heterocycles. The molecule has 0 fully saturated rings. The molecule has 0 atom stereocenters. The van der Waals surface area contributed by atoms with Gasteiger partial charge in [-0.05, 0) is 78.6 Å². The molecule has 1 N–H and O–H groups in total. The molecule has 0 unspecified atom stereocenters. The fourth-order valence-electron chi connectivity index (χ4n) is 4.52. The number of hydrogen-bond acceptors (Lipinski definition) is 6. The number of fused-ring (bicyclic) bond motifs is 1. The van der Waals surface area contributed by atoms with Gasteiger partial charge in [0.05, 0.1) is 16.6 Å². The smallest absolute Gasteiger partial charge is 0.339 e. The van der Waals surface area contributed by atoms with E-state index in [2.05, 4.69) is 62.4 Å². The van der Waals surface area contributed by atoms with Crippen molar-refractivity contribution < 1.29 is 9.53 Å². The van der Waals surface area contributed by atoms with E-state index in [0.29, 0.717) is 17.9 Å². The molecule has 0 aliphatic rings. The number of aromatic nitrogens is 6. The molecule has 0 saturated heterocycles. The number of hydrogen-bond donors (Lipinski definition) is 1. The summed E-state index contributed by atoms with van der Waals surface area (Å²) in [6.45, 7) is 8.50. The topological polar surface area (TPSA) is 98.6 Å². The SMILES string of the molecule is CCCCc1nc2ccc(-c3nnn[nH]3)cc2n1Cc1ccc(-c2ccccc2C(=O)OC(C)(C)C)cc1. The molecule has 2 heterocycles. The number of H-pyrrole nitrogens is 1. The highest BCUT2D eigenvalue weighted by atomic mass is 16.6. The molecule has 8 heteroatoms. The zero-order chi connectivity index (χ0) is 26.7. The Labute approximate surface area is 222 Å². The van der Waals surface area contributed by atoms with Crippen molar-refractivity contribution in [2.45, 2.75) is 59.1 Å². The van der Waals surface area contributed by atoms with Gasteiger partial charge in [0.2, 0.25) is 0 Å². The highest BCUT2D eigenvalue weighted by Crippen LogP contribution is 2.28. The maximum atomic E-state index is 12.8. The lowest BCUT2D eigenvalue weighted by molar-refractivity contribution is 0.00704. The molecule has 0 bridgehead atoms. The number of aryl methyl sites for hydroxylation is 1. The van der Waals surface area contributed by atoms with Crippen molar-refractivity contribution in [2.24, 2.45) is 0 Å². The van der Waals surface area contributed by atoms with Crippen molar-refractivity contribution in [3.63, 3.8) is 0 Å². The zero-order valence-electron chi connectivity index (χ0n) is 22.2. The van der Waals surface area contributed by atoms with Crippen molar-refractivity contribution in [1.82, 2.24) is 30.2 Å². The van der Waals surface area contributed by atoms with Crippen LogP contribution in [0.25, 0.3) is 33.5 Å². The number of tetrazole rings is 1. The second-order valence-electron chi connectivity index (χ2n) is 10.4. The third kappa shape index (κ3) is 5.49. The van der Waals surface area contributed by atoms with E-state index in [9.17, 15) is 4.79 Å². The van der Waals surface area contributed by atoms with E-state index in [1.54, 1.807) is 0 Å². The molecule has 0 spiro atoms. The Morgan fingerprint density at radius 3 is 2.47 bits per heavy atom. The number of nitrogens with one attached hydrogen (secondary N) is 1. The van der Waals surface area contributed by atoms with Crippen molar-refractivity contribution in [1.29, 1.82) is 0 Å². The molecule has 3 aromatic carbocycles. The maximum absolute atomic E-state index is 12.8. The van der Waals surface area contributed by atoms with Crippen LogP contribution in [0, 0.1) is 0 Å². The highest BCUT2D eigenvalue weighted by molar-refractivity contribution is 5.97. The molecular formula is C30H32N6O2. The normalized spacial score (nSPS) is 11.7. The summed E-state index contributed by atoms with van der Waals surface area (Å²) in [4.78, 5) is 17.8. The Bertz CT molecular complexity index is 1550. The first-order valence-corrected chi connectivity index (χ1v) is 13.0. The van der Waals surface area contributed by atoms with E-state index in [1.165, 1.54) is 0 Å². The number of ether oxygens (including phenoxy) is 1. The lowest BCUT2D eigenvalue weighted by atomic mass is 9.98. The van der Waals surface area contributed by atoms with Crippen molar-refractivity contribution in [3.05, 3.63) is 83.7 Å². The summed E-state index contributed by atoms with van der Waals surface area (Å²) in [5.74, 6) is 1.37. The molecule has 38 heavy (non-hydrogen) atoms. The third-order valence-electron chi connectivity index (χ3n) is 6.35. The summed E-state index contributed by atoms with van der Waals surface area (Å²) in [5, 5.41) is 14.3. The van der Waals surface area contributed by atoms with Crippen LogP contribution in [0.15, 0.2) is 66.7 Å². The van der Waals surface area contributed by atoms with Crippen LogP contribution >= 0.6 is 0 Å². The highest BCUT2D eigenvalue weighted by Gasteiger charge is 2.21. The number of benzene rings is 3. The lowest BCUT2D eigenvalue weighted by Crippen LogP contribution is -2.24. The summed E-state index contributed by atoms with van der Waals surface area (Å²) >= 11 is 0. The fraction of sp³-hybridized carbons (Fsp3) is 0.300. The number of esters is 1. The summed E-state index contributed by atoms with van der Waals surface area (Å²) in [7, 11) is 0. The standard InChI is InChI=1S/C30H32N6O2/c1-5-6-11-27-31-25-17-16-22(28-32-34-35-33-28)18-26(25)36(27)19-20-12-14-21(15-13-20)23-9-7-8-10-24(23)29(37)38-30(2,3)4/h7-10,12-18H,5-6,11,19H2,1-4H3,(H,32,33,34,35). The number of carbonyl (C=O) groups excluding carboxylic acids is 1. The van der Waals surface area contributed by atoms with Gasteiger partial charge in [0, 0.05) is 18.5 Å². The van der Waals surface area contributed by atoms with Crippen LogP contribution < -0.4 is 0 Å². The number of nitrogens with zero attached hydrogens (tertiary/aromatic N) is 5. The Morgan fingerprint density at radius 1 is 1.00 bits per heavy atom. The van der Waals surface area contributed by atoms with Crippen LogP contribution in [0.4, 0.5) is 0 Å². The van der Waals surface area contributed by atoms with Crippen LogP contribution in [-0.4, -0.2) is 41.7 Å². The molecule has 0 amide bonds.